The second-order valence-corrected chi connectivity index (χ2v) is 8.85. The lowest BCUT2D eigenvalue weighted by Crippen LogP contribution is -2.38. The summed E-state index contributed by atoms with van der Waals surface area (Å²) in [5.74, 6) is 1.25. The van der Waals surface area contributed by atoms with Crippen LogP contribution < -0.4 is 9.62 Å². The van der Waals surface area contributed by atoms with Crippen LogP contribution in [0.4, 0.5) is 5.82 Å². The highest BCUT2D eigenvalue weighted by molar-refractivity contribution is 7.89. The van der Waals surface area contributed by atoms with Crippen molar-refractivity contribution >= 4 is 15.8 Å². The molecule has 1 unspecified atom stereocenters. The predicted molar refractivity (Wildman–Crippen MR) is 101 cm³/mol. The van der Waals surface area contributed by atoms with Gasteiger partial charge in [-0.05, 0) is 37.8 Å². The number of nitrogens with one attached hydrogen (secondary N) is 1. The van der Waals surface area contributed by atoms with E-state index in [2.05, 4.69) is 19.7 Å². The maximum atomic E-state index is 12.3. The Labute approximate surface area is 159 Å². The minimum Gasteiger partial charge on any atom is -0.370 e. The molecule has 1 atom stereocenters. The number of morpholine rings is 1. The number of hydrogen-bond donors (Lipinski definition) is 1. The summed E-state index contributed by atoms with van der Waals surface area (Å²) in [6, 6.07) is 3.39. The molecule has 1 aliphatic carbocycles. The van der Waals surface area contributed by atoms with Crippen molar-refractivity contribution in [2.75, 3.05) is 31.1 Å². The van der Waals surface area contributed by atoms with E-state index in [4.69, 9.17) is 4.74 Å². The van der Waals surface area contributed by atoms with E-state index < -0.39 is 10.0 Å². The standard InChI is InChI=1S/C18H25N5O3S/c1-2-23-12-15(10-20-23)17-13-22(7-8-26-17)18-6-5-16(11-19-18)27(24,25)21-9-14-3-4-14/h5-6,10-12,14,17,21H,2-4,7-9,13H2,1H3. The zero-order valence-corrected chi connectivity index (χ0v) is 16.2. The summed E-state index contributed by atoms with van der Waals surface area (Å²) >= 11 is 0. The molecule has 9 heteroatoms. The summed E-state index contributed by atoms with van der Waals surface area (Å²) in [5.41, 5.74) is 1.05. The van der Waals surface area contributed by atoms with Crippen molar-refractivity contribution in [1.29, 1.82) is 0 Å². The highest BCUT2D eigenvalue weighted by Crippen LogP contribution is 2.28. The number of sulfonamides is 1. The lowest BCUT2D eigenvalue weighted by molar-refractivity contribution is 0.0394. The summed E-state index contributed by atoms with van der Waals surface area (Å²) < 4.78 is 35.1. The fourth-order valence-electron chi connectivity index (χ4n) is 3.13. The molecule has 0 spiro atoms. The minimum absolute atomic E-state index is 0.0653. The van der Waals surface area contributed by atoms with Crippen molar-refractivity contribution in [1.82, 2.24) is 19.5 Å². The Bertz CT molecular complexity index is 877. The van der Waals surface area contributed by atoms with Gasteiger partial charge in [-0.1, -0.05) is 0 Å². The number of anilines is 1. The third-order valence-corrected chi connectivity index (χ3v) is 6.44. The van der Waals surface area contributed by atoms with Crippen LogP contribution in [0.1, 0.15) is 31.4 Å². The Morgan fingerprint density at radius 1 is 1.30 bits per heavy atom. The zero-order valence-electron chi connectivity index (χ0n) is 15.4. The molecule has 2 aliphatic rings. The van der Waals surface area contributed by atoms with E-state index in [1.54, 1.807) is 12.1 Å². The van der Waals surface area contributed by atoms with Crippen LogP contribution in [0, 0.1) is 5.92 Å². The first kappa shape index (κ1) is 18.4. The van der Waals surface area contributed by atoms with E-state index in [9.17, 15) is 8.42 Å². The molecule has 2 fully saturated rings. The molecule has 1 saturated carbocycles. The predicted octanol–water partition coefficient (Wildman–Crippen LogP) is 1.56. The molecule has 2 aromatic heterocycles. The van der Waals surface area contributed by atoms with Gasteiger partial charge in [0.15, 0.2) is 0 Å². The monoisotopic (exact) mass is 391 g/mol. The van der Waals surface area contributed by atoms with Gasteiger partial charge in [0.25, 0.3) is 0 Å². The molecule has 0 aromatic carbocycles. The van der Waals surface area contributed by atoms with Crippen LogP contribution in [0.5, 0.6) is 0 Å². The van der Waals surface area contributed by atoms with Crippen molar-refractivity contribution < 1.29 is 13.2 Å². The molecule has 0 radical (unpaired) electrons. The van der Waals surface area contributed by atoms with Crippen LogP contribution in [-0.4, -0.2) is 49.4 Å². The van der Waals surface area contributed by atoms with E-state index in [1.807, 2.05) is 24.0 Å². The quantitative estimate of drug-likeness (QED) is 0.771. The maximum Gasteiger partial charge on any atom is 0.242 e. The average molecular weight is 391 g/mol. The van der Waals surface area contributed by atoms with Crippen molar-refractivity contribution in [3.63, 3.8) is 0 Å². The highest BCUT2D eigenvalue weighted by atomic mass is 32.2. The van der Waals surface area contributed by atoms with E-state index in [1.165, 1.54) is 6.20 Å². The van der Waals surface area contributed by atoms with Crippen LogP contribution in [0.25, 0.3) is 0 Å². The van der Waals surface area contributed by atoms with Crippen molar-refractivity contribution in [2.24, 2.45) is 5.92 Å². The van der Waals surface area contributed by atoms with Crippen molar-refractivity contribution in [3.05, 3.63) is 36.3 Å². The number of hydrogen-bond acceptors (Lipinski definition) is 6. The van der Waals surface area contributed by atoms with Gasteiger partial charge in [-0.3, -0.25) is 4.68 Å². The number of rotatable bonds is 7. The van der Waals surface area contributed by atoms with Gasteiger partial charge in [0, 0.05) is 44.1 Å². The molecule has 4 rings (SSSR count). The van der Waals surface area contributed by atoms with Crippen LogP contribution in [0.2, 0.25) is 0 Å². The van der Waals surface area contributed by atoms with Gasteiger partial charge < -0.3 is 9.64 Å². The van der Waals surface area contributed by atoms with Crippen LogP contribution in [0.3, 0.4) is 0 Å². The minimum atomic E-state index is -3.48. The maximum absolute atomic E-state index is 12.3. The van der Waals surface area contributed by atoms with Crippen molar-refractivity contribution in [3.8, 4) is 0 Å². The fraction of sp³-hybridized carbons (Fsp3) is 0.556. The van der Waals surface area contributed by atoms with Gasteiger partial charge in [0.05, 0.1) is 12.8 Å². The van der Waals surface area contributed by atoms with Gasteiger partial charge in [-0.25, -0.2) is 18.1 Å². The van der Waals surface area contributed by atoms with Gasteiger partial charge in [-0.15, -0.1) is 0 Å². The van der Waals surface area contributed by atoms with Gasteiger partial charge >= 0.3 is 0 Å². The lowest BCUT2D eigenvalue weighted by atomic mass is 10.1. The van der Waals surface area contributed by atoms with Crippen LogP contribution in [-0.2, 0) is 21.3 Å². The third kappa shape index (κ3) is 4.31. The Balaban J connectivity index is 1.43. The second-order valence-electron chi connectivity index (χ2n) is 7.08. The Morgan fingerprint density at radius 3 is 2.81 bits per heavy atom. The zero-order chi connectivity index (χ0) is 18.9. The van der Waals surface area contributed by atoms with Crippen LogP contribution >= 0.6 is 0 Å². The highest BCUT2D eigenvalue weighted by Gasteiger charge is 2.26. The van der Waals surface area contributed by atoms with Crippen molar-refractivity contribution in [2.45, 2.75) is 37.3 Å². The summed E-state index contributed by atoms with van der Waals surface area (Å²) in [4.78, 5) is 6.72. The Hall–Kier alpha value is -1.97. The lowest BCUT2D eigenvalue weighted by Gasteiger charge is -2.33. The fourth-order valence-corrected chi connectivity index (χ4v) is 4.19. The third-order valence-electron chi connectivity index (χ3n) is 5.03. The molecule has 1 saturated heterocycles. The van der Waals surface area contributed by atoms with E-state index in [0.29, 0.717) is 25.6 Å². The first-order valence-corrected chi connectivity index (χ1v) is 10.9. The SMILES string of the molecule is CCn1cc(C2CN(c3ccc(S(=O)(=O)NCC4CC4)cn3)CCO2)cn1. The first-order chi connectivity index (χ1) is 13.0. The number of pyridine rings is 1. The Morgan fingerprint density at radius 2 is 2.15 bits per heavy atom. The van der Waals surface area contributed by atoms with E-state index in [-0.39, 0.29) is 11.0 Å². The smallest absolute Gasteiger partial charge is 0.242 e. The molecular weight excluding hydrogens is 366 g/mol. The first-order valence-electron chi connectivity index (χ1n) is 9.40. The van der Waals surface area contributed by atoms with Gasteiger partial charge in [-0.2, -0.15) is 5.10 Å². The molecule has 3 heterocycles. The average Bonchev–Trinajstić information content (AvgIpc) is 3.41. The molecule has 27 heavy (non-hydrogen) atoms. The number of ether oxygens (including phenoxy) is 1. The molecule has 0 amide bonds. The number of nitrogens with zero attached hydrogens (tertiary/aromatic N) is 4. The summed E-state index contributed by atoms with van der Waals surface area (Å²) in [5, 5.41) is 4.31. The molecule has 8 nitrogen and oxygen atoms in total. The summed E-state index contributed by atoms with van der Waals surface area (Å²) in [6.45, 7) is 5.35. The molecule has 1 aliphatic heterocycles. The molecule has 1 N–H and O–H groups in total. The topological polar surface area (TPSA) is 89.4 Å². The molecular formula is C18H25N5O3S. The Kier molecular flexibility index (Phi) is 5.16. The largest absolute Gasteiger partial charge is 0.370 e. The number of aryl methyl sites for hydroxylation is 1. The molecule has 2 aromatic rings. The molecule has 146 valence electrons. The summed E-state index contributed by atoms with van der Waals surface area (Å²) in [6.07, 6.45) is 7.42. The van der Waals surface area contributed by atoms with E-state index in [0.717, 1.165) is 37.3 Å². The molecule has 0 bridgehead atoms. The van der Waals surface area contributed by atoms with Gasteiger partial charge in [0.1, 0.15) is 16.8 Å². The normalized spacial score (nSPS) is 20.8. The van der Waals surface area contributed by atoms with Crippen LogP contribution in [0.15, 0.2) is 35.6 Å². The van der Waals surface area contributed by atoms with Gasteiger partial charge in [0.2, 0.25) is 10.0 Å². The van der Waals surface area contributed by atoms with E-state index >= 15 is 0 Å². The second kappa shape index (κ2) is 7.57. The number of aromatic nitrogens is 3. The summed E-state index contributed by atoms with van der Waals surface area (Å²) in [7, 11) is -3.48.